The number of amides is 3. The van der Waals surface area contributed by atoms with Crippen molar-refractivity contribution in [1.82, 2.24) is 15.5 Å². The van der Waals surface area contributed by atoms with Crippen LogP contribution in [0, 0.1) is 5.92 Å². The van der Waals surface area contributed by atoms with Crippen LogP contribution in [-0.2, 0) is 14.3 Å². The molecule has 8 heteroatoms. The number of hydrogen-bond donors (Lipinski definition) is 2. The van der Waals surface area contributed by atoms with Crippen molar-refractivity contribution in [3.05, 3.63) is 0 Å². The number of nitrogens with one attached hydrogen (secondary N) is 2. The number of carbonyl (C=O) groups is 3. The van der Waals surface area contributed by atoms with Gasteiger partial charge in [0.15, 0.2) is 0 Å². The first kappa shape index (κ1) is 21.1. The summed E-state index contributed by atoms with van der Waals surface area (Å²) in [7, 11) is 0. The fourth-order valence-corrected chi connectivity index (χ4v) is 2.28. The zero-order valence-corrected chi connectivity index (χ0v) is 15.9. The first-order valence-corrected chi connectivity index (χ1v) is 8.74. The lowest BCUT2D eigenvalue weighted by Gasteiger charge is -2.31. The van der Waals surface area contributed by atoms with Crippen LogP contribution >= 0.6 is 0 Å². The Hall–Kier alpha value is -1.99. The van der Waals surface area contributed by atoms with Crippen LogP contribution in [-0.4, -0.2) is 60.9 Å². The van der Waals surface area contributed by atoms with E-state index in [0.29, 0.717) is 38.5 Å². The Morgan fingerprint density at radius 1 is 1.16 bits per heavy atom. The summed E-state index contributed by atoms with van der Waals surface area (Å²) in [5.41, 5.74) is -0.600. The Labute approximate surface area is 149 Å². The van der Waals surface area contributed by atoms with Gasteiger partial charge >= 0.3 is 12.2 Å². The summed E-state index contributed by atoms with van der Waals surface area (Å²) in [4.78, 5) is 36.9. The van der Waals surface area contributed by atoms with E-state index in [2.05, 4.69) is 10.6 Å². The van der Waals surface area contributed by atoms with Crippen molar-refractivity contribution in [3.63, 3.8) is 0 Å². The highest BCUT2D eigenvalue weighted by Gasteiger charge is 2.25. The summed E-state index contributed by atoms with van der Waals surface area (Å²) in [5, 5.41) is 5.28. The smallest absolute Gasteiger partial charge is 0.409 e. The van der Waals surface area contributed by atoms with Gasteiger partial charge in [0.1, 0.15) is 12.1 Å². The average Bonchev–Trinajstić information content (AvgIpc) is 2.49. The molecule has 0 aliphatic carbocycles. The first-order valence-electron chi connectivity index (χ1n) is 8.74. The Morgan fingerprint density at radius 2 is 1.76 bits per heavy atom. The van der Waals surface area contributed by atoms with Crippen molar-refractivity contribution < 1.29 is 23.9 Å². The molecule has 1 aliphatic heterocycles. The van der Waals surface area contributed by atoms with E-state index in [1.807, 2.05) is 13.8 Å². The molecule has 0 aromatic heterocycles. The number of nitrogens with zero attached hydrogens (tertiary/aromatic N) is 1. The zero-order chi connectivity index (χ0) is 19.0. The summed E-state index contributed by atoms with van der Waals surface area (Å²) in [6.07, 6.45) is 0.402. The lowest BCUT2D eigenvalue weighted by molar-refractivity contribution is -0.121. The van der Waals surface area contributed by atoms with Gasteiger partial charge < -0.3 is 25.0 Å². The van der Waals surface area contributed by atoms with Crippen molar-refractivity contribution in [2.24, 2.45) is 5.92 Å². The number of carbonyl (C=O) groups excluding carboxylic acids is 3. The summed E-state index contributed by atoms with van der Waals surface area (Å²) < 4.78 is 10.3. The van der Waals surface area contributed by atoms with E-state index >= 15 is 0 Å². The van der Waals surface area contributed by atoms with Crippen LogP contribution < -0.4 is 10.6 Å². The van der Waals surface area contributed by atoms with E-state index in [-0.39, 0.29) is 24.6 Å². The second-order valence-electron chi connectivity index (χ2n) is 7.66. The van der Waals surface area contributed by atoms with Crippen molar-refractivity contribution in [2.45, 2.75) is 59.1 Å². The van der Waals surface area contributed by atoms with E-state index in [1.165, 1.54) is 0 Å². The first-order chi connectivity index (χ1) is 11.6. The minimum Gasteiger partial charge on any atom is -0.449 e. The molecule has 144 valence electrons. The van der Waals surface area contributed by atoms with Gasteiger partial charge in [0.05, 0.1) is 6.61 Å². The number of piperidine rings is 1. The third-order valence-corrected chi connectivity index (χ3v) is 3.45. The number of hydrogen-bond acceptors (Lipinski definition) is 5. The molecule has 0 aromatic rings. The second kappa shape index (κ2) is 9.48. The average molecular weight is 357 g/mol. The van der Waals surface area contributed by atoms with Crippen molar-refractivity contribution in [2.75, 3.05) is 26.2 Å². The fourth-order valence-electron chi connectivity index (χ4n) is 2.28. The topological polar surface area (TPSA) is 97.0 Å². The van der Waals surface area contributed by atoms with Gasteiger partial charge in [-0.05, 0) is 39.5 Å². The monoisotopic (exact) mass is 357 g/mol. The molecule has 0 aromatic carbocycles. The molecule has 25 heavy (non-hydrogen) atoms. The largest absolute Gasteiger partial charge is 0.449 e. The highest BCUT2D eigenvalue weighted by molar-refractivity contribution is 5.82. The van der Waals surface area contributed by atoms with Crippen LogP contribution in [0.4, 0.5) is 9.59 Å². The standard InChI is InChI=1S/C17H31N3O5/c1-12(2)11-24-16(23)20-8-6-13(7-9-20)19-14(21)10-18-15(22)25-17(3,4)5/h12-13H,6-11H2,1-5H3,(H,18,22)(H,19,21). The number of ether oxygens (including phenoxy) is 2. The van der Waals surface area contributed by atoms with Crippen LogP contribution in [0.25, 0.3) is 0 Å². The molecule has 1 rings (SSSR count). The normalized spacial score (nSPS) is 15.7. The maximum absolute atomic E-state index is 11.9. The molecule has 2 N–H and O–H groups in total. The van der Waals surface area contributed by atoms with Crippen LogP contribution in [0.15, 0.2) is 0 Å². The van der Waals surface area contributed by atoms with Gasteiger partial charge in [0, 0.05) is 19.1 Å². The minimum absolute atomic E-state index is 0.0120. The minimum atomic E-state index is -0.620. The lowest BCUT2D eigenvalue weighted by atomic mass is 10.1. The summed E-state index contributed by atoms with van der Waals surface area (Å²) in [5.74, 6) is 0.0324. The van der Waals surface area contributed by atoms with Gasteiger partial charge in [-0.2, -0.15) is 0 Å². The van der Waals surface area contributed by atoms with Crippen LogP contribution in [0.5, 0.6) is 0 Å². The molecular formula is C17H31N3O5. The predicted molar refractivity (Wildman–Crippen MR) is 93.2 cm³/mol. The lowest BCUT2D eigenvalue weighted by Crippen LogP contribution is -2.49. The Bertz CT molecular complexity index is 465. The molecular weight excluding hydrogens is 326 g/mol. The maximum Gasteiger partial charge on any atom is 0.409 e. The Balaban J connectivity index is 2.24. The highest BCUT2D eigenvalue weighted by atomic mass is 16.6. The number of likely N-dealkylation sites (tertiary alicyclic amines) is 1. The SMILES string of the molecule is CC(C)COC(=O)N1CCC(NC(=O)CNC(=O)OC(C)(C)C)CC1. The molecule has 3 amide bonds. The van der Waals surface area contributed by atoms with E-state index < -0.39 is 11.7 Å². The highest BCUT2D eigenvalue weighted by Crippen LogP contribution is 2.12. The zero-order valence-electron chi connectivity index (χ0n) is 15.9. The maximum atomic E-state index is 11.9. The third-order valence-electron chi connectivity index (χ3n) is 3.45. The van der Waals surface area contributed by atoms with E-state index in [0.717, 1.165) is 0 Å². The van der Waals surface area contributed by atoms with E-state index in [9.17, 15) is 14.4 Å². The van der Waals surface area contributed by atoms with E-state index in [1.54, 1.807) is 25.7 Å². The Morgan fingerprint density at radius 3 is 2.28 bits per heavy atom. The quantitative estimate of drug-likeness (QED) is 0.783. The Kier molecular flexibility index (Phi) is 7.99. The van der Waals surface area contributed by atoms with Crippen molar-refractivity contribution in [1.29, 1.82) is 0 Å². The third kappa shape index (κ3) is 9.16. The van der Waals surface area contributed by atoms with Crippen LogP contribution in [0.3, 0.4) is 0 Å². The number of rotatable bonds is 5. The molecule has 1 saturated heterocycles. The second-order valence-corrected chi connectivity index (χ2v) is 7.66. The van der Waals surface area contributed by atoms with Crippen LogP contribution in [0.1, 0.15) is 47.5 Å². The molecule has 1 heterocycles. The summed E-state index contributed by atoms with van der Waals surface area (Å²) >= 11 is 0. The molecule has 8 nitrogen and oxygen atoms in total. The fraction of sp³-hybridized carbons (Fsp3) is 0.824. The summed E-state index contributed by atoms with van der Waals surface area (Å²) in [6.45, 7) is 10.6. The van der Waals surface area contributed by atoms with E-state index in [4.69, 9.17) is 9.47 Å². The van der Waals surface area contributed by atoms with Gasteiger partial charge in [-0.15, -0.1) is 0 Å². The van der Waals surface area contributed by atoms with Gasteiger partial charge in [-0.3, -0.25) is 4.79 Å². The molecule has 0 bridgehead atoms. The molecule has 0 unspecified atom stereocenters. The predicted octanol–water partition coefficient (Wildman–Crippen LogP) is 1.88. The van der Waals surface area contributed by atoms with Crippen molar-refractivity contribution >= 4 is 18.1 Å². The van der Waals surface area contributed by atoms with Gasteiger partial charge in [-0.1, -0.05) is 13.8 Å². The van der Waals surface area contributed by atoms with Crippen molar-refractivity contribution in [3.8, 4) is 0 Å². The summed E-state index contributed by atoms with van der Waals surface area (Å²) in [6, 6.07) is -0.0120. The molecule has 1 aliphatic rings. The van der Waals surface area contributed by atoms with Gasteiger partial charge in [0.25, 0.3) is 0 Å². The van der Waals surface area contributed by atoms with Crippen LogP contribution in [0.2, 0.25) is 0 Å². The molecule has 1 fully saturated rings. The molecule has 0 atom stereocenters. The number of alkyl carbamates (subject to hydrolysis) is 1. The molecule has 0 saturated carbocycles. The van der Waals surface area contributed by atoms with Gasteiger partial charge in [-0.25, -0.2) is 9.59 Å². The molecule has 0 radical (unpaired) electrons. The van der Waals surface area contributed by atoms with Gasteiger partial charge in [0.2, 0.25) is 5.91 Å². The molecule has 0 spiro atoms.